The first-order valence-corrected chi connectivity index (χ1v) is 10.5. The van der Waals surface area contributed by atoms with Crippen molar-refractivity contribution in [3.8, 4) is 5.75 Å². The van der Waals surface area contributed by atoms with Crippen LogP contribution in [0.1, 0.15) is 46.9 Å². The molecule has 0 fully saturated rings. The van der Waals surface area contributed by atoms with E-state index in [1.807, 2.05) is 50.4 Å². The maximum atomic E-state index is 14.1. The molecule has 0 saturated carbocycles. The smallest absolute Gasteiger partial charge is 0.257 e. The second-order valence-electron chi connectivity index (χ2n) is 6.96. The van der Waals surface area contributed by atoms with Gasteiger partial charge in [-0.1, -0.05) is 37.3 Å². The molecule has 0 aliphatic carbocycles. The van der Waals surface area contributed by atoms with E-state index < -0.39 is 5.82 Å². The predicted molar refractivity (Wildman–Crippen MR) is 114 cm³/mol. The summed E-state index contributed by atoms with van der Waals surface area (Å²) in [4.78, 5) is 19.3. The molecule has 4 nitrogen and oxygen atoms in total. The summed E-state index contributed by atoms with van der Waals surface area (Å²) in [5.41, 5.74) is 1.94. The molecule has 0 aliphatic heterocycles. The van der Waals surface area contributed by atoms with Gasteiger partial charge in [0.05, 0.1) is 17.8 Å². The van der Waals surface area contributed by atoms with Gasteiger partial charge in [0.25, 0.3) is 5.91 Å². The van der Waals surface area contributed by atoms with E-state index in [2.05, 4.69) is 4.98 Å². The highest BCUT2D eigenvalue weighted by Gasteiger charge is 2.24. The van der Waals surface area contributed by atoms with Gasteiger partial charge in [-0.3, -0.25) is 4.79 Å². The quantitative estimate of drug-likeness (QED) is 0.483. The second-order valence-corrected chi connectivity index (χ2v) is 7.90. The van der Waals surface area contributed by atoms with Gasteiger partial charge in [0, 0.05) is 11.4 Å². The standard InChI is InChI=1S/C23H25FN2O2S/c1-4-17(3)26(23(27)19-10-6-7-11-20(19)24)13-18-15-29-22(25-18)14-28-21-12-8-5-9-16(21)2/h5-12,15,17H,4,13-14H2,1-3H3/t17-/m0/s1. The van der Waals surface area contributed by atoms with E-state index in [9.17, 15) is 9.18 Å². The van der Waals surface area contributed by atoms with Crippen LogP contribution in [0, 0.1) is 12.7 Å². The zero-order chi connectivity index (χ0) is 20.8. The van der Waals surface area contributed by atoms with Crippen LogP contribution in [0.25, 0.3) is 0 Å². The minimum Gasteiger partial charge on any atom is -0.486 e. The largest absolute Gasteiger partial charge is 0.486 e. The molecular weight excluding hydrogens is 387 g/mol. The number of halogens is 1. The minimum absolute atomic E-state index is 0.0320. The number of aromatic nitrogens is 1. The molecule has 1 aromatic heterocycles. The SMILES string of the molecule is CC[C@H](C)N(Cc1csc(COc2ccccc2C)n1)C(=O)c1ccccc1F. The third-order valence-electron chi connectivity index (χ3n) is 4.86. The molecule has 3 rings (SSSR count). The summed E-state index contributed by atoms with van der Waals surface area (Å²) in [7, 11) is 0. The molecule has 29 heavy (non-hydrogen) atoms. The van der Waals surface area contributed by atoms with Gasteiger partial charge in [-0.05, 0) is 44.0 Å². The molecule has 0 aliphatic rings. The van der Waals surface area contributed by atoms with Crippen molar-refractivity contribution in [2.45, 2.75) is 46.4 Å². The van der Waals surface area contributed by atoms with Crippen LogP contribution in [-0.2, 0) is 13.2 Å². The van der Waals surface area contributed by atoms with Crippen molar-refractivity contribution in [1.29, 1.82) is 0 Å². The molecular formula is C23H25FN2O2S. The van der Waals surface area contributed by atoms with Crippen LogP contribution >= 0.6 is 11.3 Å². The predicted octanol–water partition coefficient (Wildman–Crippen LogP) is 5.61. The van der Waals surface area contributed by atoms with Gasteiger partial charge in [-0.15, -0.1) is 11.3 Å². The molecule has 1 heterocycles. The fourth-order valence-corrected chi connectivity index (χ4v) is 3.65. The van der Waals surface area contributed by atoms with Crippen molar-refractivity contribution in [3.63, 3.8) is 0 Å². The number of carbonyl (C=O) groups excluding carboxylic acids is 1. The topological polar surface area (TPSA) is 42.4 Å². The van der Waals surface area contributed by atoms with Gasteiger partial charge < -0.3 is 9.64 Å². The van der Waals surface area contributed by atoms with E-state index in [0.29, 0.717) is 13.2 Å². The molecule has 152 valence electrons. The summed E-state index contributed by atoms with van der Waals surface area (Å²) < 4.78 is 20.0. The van der Waals surface area contributed by atoms with Crippen molar-refractivity contribution in [2.75, 3.05) is 0 Å². The fraction of sp³-hybridized carbons (Fsp3) is 0.304. The molecule has 6 heteroatoms. The Morgan fingerprint density at radius 3 is 2.66 bits per heavy atom. The lowest BCUT2D eigenvalue weighted by Gasteiger charge is -2.28. The molecule has 0 radical (unpaired) electrons. The summed E-state index contributed by atoms with van der Waals surface area (Å²) in [5, 5.41) is 2.77. The first-order valence-electron chi connectivity index (χ1n) is 9.66. The first kappa shape index (κ1) is 21.0. The van der Waals surface area contributed by atoms with Crippen LogP contribution in [0.5, 0.6) is 5.75 Å². The van der Waals surface area contributed by atoms with Gasteiger partial charge in [0.15, 0.2) is 0 Å². The number of ether oxygens (including phenoxy) is 1. The van der Waals surface area contributed by atoms with Gasteiger partial charge in [0.2, 0.25) is 0 Å². The van der Waals surface area contributed by atoms with Crippen molar-refractivity contribution in [1.82, 2.24) is 9.88 Å². The van der Waals surface area contributed by atoms with E-state index in [-0.39, 0.29) is 17.5 Å². The van der Waals surface area contributed by atoms with Crippen LogP contribution in [-0.4, -0.2) is 21.8 Å². The number of rotatable bonds is 8. The number of carbonyl (C=O) groups is 1. The van der Waals surface area contributed by atoms with Crippen LogP contribution in [0.4, 0.5) is 4.39 Å². The van der Waals surface area contributed by atoms with E-state index in [1.165, 1.54) is 23.5 Å². The second kappa shape index (κ2) is 9.65. The van der Waals surface area contributed by atoms with Crippen molar-refractivity contribution >= 4 is 17.2 Å². The van der Waals surface area contributed by atoms with Crippen LogP contribution < -0.4 is 4.74 Å². The zero-order valence-corrected chi connectivity index (χ0v) is 17.7. The number of nitrogens with zero attached hydrogens (tertiary/aromatic N) is 2. The van der Waals surface area contributed by atoms with Crippen LogP contribution in [0.2, 0.25) is 0 Å². The first-order chi connectivity index (χ1) is 14.0. The lowest BCUT2D eigenvalue weighted by Crippen LogP contribution is -2.38. The summed E-state index contributed by atoms with van der Waals surface area (Å²) >= 11 is 1.50. The molecule has 0 bridgehead atoms. The molecule has 1 amide bonds. The molecule has 3 aromatic rings. The molecule has 0 spiro atoms. The van der Waals surface area contributed by atoms with E-state index in [1.54, 1.807) is 17.0 Å². The third kappa shape index (κ3) is 5.21. The normalized spacial score (nSPS) is 11.9. The molecule has 2 aromatic carbocycles. The molecule has 0 N–H and O–H groups in total. The summed E-state index contributed by atoms with van der Waals surface area (Å²) in [6, 6.07) is 13.9. The summed E-state index contributed by atoms with van der Waals surface area (Å²) in [6.07, 6.45) is 0.771. The van der Waals surface area contributed by atoms with Gasteiger partial charge in [0.1, 0.15) is 23.2 Å². The van der Waals surface area contributed by atoms with Gasteiger partial charge >= 0.3 is 0 Å². The van der Waals surface area contributed by atoms with Crippen molar-refractivity contribution in [2.24, 2.45) is 0 Å². The molecule has 0 unspecified atom stereocenters. The Morgan fingerprint density at radius 1 is 1.21 bits per heavy atom. The Labute approximate surface area is 175 Å². The average Bonchev–Trinajstić information content (AvgIpc) is 3.18. The summed E-state index contributed by atoms with van der Waals surface area (Å²) in [5.74, 6) is 0.0137. The minimum atomic E-state index is -0.503. The number of thiazole rings is 1. The number of amides is 1. The number of hydrogen-bond acceptors (Lipinski definition) is 4. The lowest BCUT2D eigenvalue weighted by atomic mass is 10.1. The van der Waals surface area contributed by atoms with Crippen molar-refractivity contribution < 1.29 is 13.9 Å². The van der Waals surface area contributed by atoms with Crippen molar-refractivity contribution in [3.05, 3.63) is 81.6 Å². The average molecular weight is 413 g/mol. The summed E-state index contributed by atoms with van der Waals surface area (Å²) in [6.45, 7) is 6.69. The maximum Gasteiger partial charge on any atom is 0.257 e. The maximum absolute atomic E-state index is 14.1. The highest BCUT2D eigenvalue weighted by molar-refractivity contribution is 7.09. The highest BCUT2D eigenvalue weighted by Crippen LogP contribution is 2.21. The van der Waals surface area contributed by atoms with E-state index >= 15 is 0 Å². The number of aryl methyl sites for hydroxylation is 1. The van der Waals surface area contributed by atoms with Crippen LogP contribution in [0.3, 0.4) is 0 Å². The number of hydrogen-bond donors (Lipinski definition) is 0. The van der Waals surface area contributed by atoms with E-state index in [0.717, 1.165) is 28.4 Å². The fourth-order valence-electron chi connectivity index (χ4n) is 2.96. The number of para-hydroxylation sites is 1. The molecule has 1 atom stereocenters. The molecule has 0 saturated heterocycles. The van der Waals surface area contributed by atoms with Crippen LogP contribution in [0.15, 0.2) is 53.9 Å². The number of benzene rings is 2. The Hall–Kier alpha value is -2.73. The third-order valence-corrected chi connectivity index (χ3v) is 5.74. The van der Waals surface area contributed by atoms with E-state index in [4.69, 9.17) is 4.74 Å². The van der Waals surface area contributed by atoms with Gasteiger partial charge in [-0.2, -0.15) is 0 Å². The Kier molecular flexibility index (Phi) is 6.99. The highest BCUT2D eigenvalue weighted by atomic mass is 32.1. The Bertz CT molecular complexity index is 973. The Balaban J connectivity index is 1.71. The Morgan fingerprint density at radius 2 is 1.93 bits per heavy atom. The van der Waals surface area contributed by atoms with Gasteiger partial charge in [-0.25, -0.2) is 9.37 Å². The lowest BCUT2D eigenvalue weighted by molar-refractivity contribution is 0.0664. The monoisotopic (exact) mass is 412 g/mol. The zero-order valence-electron chi connectivity index (χ0n) is 16.9.